The molecule has 1 saturated carbocycles. The number of ether oxygens (including phenoxy) is 1. The summed E-state index contributed by atoms with van der Waals surface area (Å²) in [7, 11) is 1.69. The van der Waals surface area contributed by atoms with Crippen molar-refractivity contribution in [3.8, 4) is 5.75 Å². The minimum atomic E-state index is 0.0561. The third-order valence-corrected chi connectivity index (χ3v) is 4.65. The maximum Gasteiger partial charge on any atom is 0.119 e. The second kappa shape index (κ2) is 5.83. The molecule has 3 nitrogen and oxygen atoms in total. The molecule has 0 amide bonds. The number of nitrogens with one attached hydrogen (secondary N) is 1. The van der Waals surface area contributed by atoms with Gasteiger partial charge in [0.15, 0.2) is 0 Å². The van der Waals surface area contributed by atoms with E-state index in [-0.39, 0.29) is 5.54 Å². The molecule has 1 aliphatic carbocycles. The Bertz CT molecular complexity index is 404. The maximum atomic E-state index is 6.06. The van der Waals surface area contributed by atoms with Crippen LogP contribution >= 0.6 is 0 Å². The van der Waals surface area contributed by atoms with E-state index >= 15 is 0 Å². The Kier molecular flexibility index (Phi) is 4.35. The average molecular weight is 262 g/mol. The number of methoxy groups -OCH3 is 1. The van der Waals surface area contributed by atoms with Crippen LogP contribution in [0, 0.1) is 11.8 Å². The zero-order valence-electron chi connectivity index (χ0n) is 12.3. The molecule has 3 atom stereocenters. The Morgan fingerprint density at radius 1 is 1.26 bits per heavy atom. The van der Waals surface area contributed by atoms with Gasteiger partial charge in [0, 0.05) is 17.8 Å². The van der Waals surface area contributed by atoms with Crippen LogP contribution in [0.2, 0.25) is 0 Å². The van der Waals surface area contributed by atoms with E-state index in [1.54, 1.807) is 7.11 Å². The Morgan fingerprint density at radius 2 is 1.95 bits per heavy atom. The molecule has 0 saturated heterocycles. The van der Waals surface area contributed by atoms with E-state index in [1.165, 1.54) is 6.42 Å². The summed E-state index contributed by atoms with van der Waals surface area (Å²) in [4.78, 5) is 0. The summed E-state index contributed by atoms with van der Waals surface area (Å²) in [6, 6.07) is 8.11. The van der Waals surface area contributed by atoms with Crippen molar-refractivity contribution in [1.29, 1.82) is 0 Å². The van der Waals surface area contributed by atoms with E-state index in [4.69, 9.17) is 10.5 Å². The first-order valence-electron chi connectivity index (χ1n) is 7.21. The van der Waals surface area contributed by atoms with Gasteiger partial charge in [0.1, 0.15) is 5.75 Å². The highest BCUT2D eigenvalue weighted by atomic mass is 16.5. The number of hydrogen-bond donors (Lipinski definition) is 2. The standard InChI is InChI=1S/C16H26N2O/c1-12-8-9-16(11-17,10-13(12)2)18-14-4-6-15(19-3)7-5-14/h4-7,12-13,18H,8-11,17H2,1-3H3. The lowest BCUT2D eigenvalue weighted by atomic mass is 9.71. The molecular weight excluding hydrogens is 236 g/mol. The second-order valence-electron chi connectivity index (χ2n) is 6.04. The number of hydrogen-bond acceptors (Lipinski definition) is 3. The molecule has 3 N–H and O–H groups in total. The van der Waals surface area contributed by atoms with Gasteiger partial charge >= 0.3 is 0 Å². The van der Waals surface area contributed by atoms with Gasteiger partial charge in [-0.1, -0.05) is 13.8 Å². The maximum absolute atomic E-state index is 6.06. The van der Waals surface area contributed by atoms with E-state index in [9.17, 15) is 0 Å². The highest BCUT2D eigenvalue weighted by molar-refractivity contribution is 5.48. The molecule has 1 aromatic rings. The number of rotatable bonds is 4. The summed E-state index contributed by atoms with van der Waals surface area (Å²) in [6.45, 7) is 5.37. The Morgan fingerprint density at radius 3 is 2.47 bits per heavy atom. The second-order valence-corrected chi connectivity index (χ2v) is 6.04. The van der Waals surface area contributed by atoms with Gasteiger partial charge in [-0.3, -0.25) is 0 Å². The molecule has 106 valence electrons. The third kappa shape index (κ3) is 3.21. The first kappa shape index (κ1) is 14.2. The van der Waals surface area contributed by atoms with Gasteiger partial charge in [0.05, 0.1) is 7.11 Å². The molecular formula is C16H26N2O. The highest BCUT2D eigenvalue weighted by Gasteiger charge is 2.36. The molecule has 0 bridgehead atoms. The first-order chi connectivity index (χ1) is 9.08. The lowest BCUT2D eigenvalue weighted by Gasteiger charge is -2.43. The lowest BCUT2D eigenvalue weighted by molar-refractivity contribution is 0.196. The SMILES string of the molecule is COc1ccc(NC2(CN)CCC(C)C(C)C2)cc1. The monoisotopic (exact) mass is 262 g/mol. The minimum Gasteiger partial charge on any atom is -0.497 e. The third-order valence-electron chi connectivity index (χ3n) is 4.65. The van der Waals surface area contributed by atoms with Crippen molar-refractivity contribution in [2.45, 2.75) is 38.6 Å². The summed E-state index contributed by atoms with van der Waals surface area (Å²) in [5, 5.41) is 3.67. The van der Waals surface area contributed by atoms with Gasteiger partial charge in [-0.2, -0.15) is 0 Å². The van der Waals surface area contributed by atoms with Crippen molar-refractivity contribution in [3.05, 3.63) is 24.3 Å². The Hall–Kier alpha value is -1.22. The molecule has 1 aliphatic rings. The Balaban J connectivity index is 2.09. The van der Waals surface area contributed by atoms with Crippen LogP contribution in [0.5, 0.6) is 5.75 Å². The van der Waals surface area contributed by atoms with E-state index in [0.29, 0.717) is 6.54 Å². The fourth-order valence-corrected chi connectivity index (χ4v) is 3.04. The van der Waals surface area contributed by atoms with Crippen molar-refractivity contribution in [2.24, 2.45) is 17.6 Å². The van der Waals surface area contributed by atoms with Crippen LogP contribution in [0.15, 0.2) is 24.3 Å². The topological polar surface area (TPSA) is 47.3 Å². The summed E-state index contributed by atoms with van der Waals surface area (Å²) in [5.41, 5.74) is 7.25. The zero-order valence-corrected chi connectivity index (χ0v) is 12.3. The van der Waals surface area contributed by atoms with Crippen LogP contribution in [-0.2, 0) is 0 Å². The van der Waals surface area contributed by atoms with E-state index < -0.39 is 0 Å². The fraction of sp³-hybridized carbons (Fsp3) is 0.625. The molecule has 0 aromatic heterocycles. The average Bonchev–Trinajstić information content (AvgIpc) is 2.44. The molecule has 0 spiro atoms. The van der Waals surface area contributed by atoms with Gasteiger partial charge in [-0.05, 0) is 55.4 Å². The van der Waals surface area contributed by atoms with Gasteiger partial charge in [0.2, 0.25) is 0 Å². The van der Waals surface area contributed by atoms with E-state index in [1.807, 2.05) is 12.1 Å². The number of nitrogens with two attached hydrogens (primary N) is 1. The van der Waals surface area contributed by atoms with Crippen LogP contribution < -0.4 is 15.8 Å². The predicted molar refractivity (Wildman–Crippen MR) is 80.6 cm³/mol. The lowest BCUT2D eigenvalue weighted by Crippen LogP contribution is -2.50. The molecule has 19 heavy (non-hydrogen) atoms. The van der Waals surface area contributed by atoms with Crippen molar-refractivity contribution < 1.29 is 4.74 Å². The predicted octanol–water partition coefficient (Wildman–Crippen LogP) is 3.26. The molecule has 3 heteroatoms. The molecule has 0 radical (unpaired) electrons. The number of benzene rings is 1. The summed E-state index contributed by atoms with van der Waals surface area (Å²) < 4.78 is 5.19. The van der Waals surface area contributed by atoms with Crippen LogP contribution in [0.4, 0.5) is 5.69 Å². The van der Waals surface area contributed by atoms with Gasteiger partial charge in [-0.25, -0.2) is 0 Å². The molecule has 2 rings (SSSR count). The quantitative estimate of drug-likeness (QED) is 0.875. The van der Waals surface area contributed by atoms with E-state index in [2.05, 4.69) is 31.3 Å². The normalized spacial score (nSPS) is 30.9. The van der Waals surface area contributed by atoms with Crippen LogP contribution in [0.3, 0.4) is 0 Å². The minimum absolute atomic E-state index is 0.0561. The molecule has 0 aliphatic heterocycles. The Labute approximate surface area is 116 Å². The van der Waals surface area contributed by atoms with Gasteiger partial charge in [-0.15, -0.1) is 0 Å². The van der Waals surface area contributed by atoms with Gasteiger partial charge in [0.25, 0.3) is 0 Å². The van der Waals surface area contributed by atoms with Crippen molar-refractivity contribution in [2.75, 3.05) is 19.0 Å². The molecule has 3 unspecified atom stereocenters. The summed E-state index contributed by atoms with van der Waals surface area (Å²) in [5.74, 6) is 2.42. The zero-order chi connectivity index (χ0) is 13.9. The van der Waals surface area contributed by atoms with Crippen molar-refractivity contribution >= 4 is 5.69 Å². The number of anilines is 1. The summed E-state index contributed by atoms with van der Waals surface area (Å²) in [6.07, 6.45) is 3.55. The van der Waals surface area contributed by atoms with Crippen LogP contribution in [0.1, 0.15) is 33.1 Å². The van der Waals surface area contributed by atoms with E-state index in [0.717, 1.165) is 36.1 Å². The summed E-state index contributed by atoms with van der Waals surface area (Å²) >= 11 is 0. The first-order valence-corrected chi connectivity index (χ1v) is 7.21. The van der Waals surface area contributed by atoms with Crippen LogP contribution in [-0.4, -0.2) is 19.2 Å². The highest BCUT2D eigenvalue weighted by Crippen LogP contribution is 2.37. The van der Waals surface area contributed by atoms with Crippen molar-refractivity contribution in [1.82, 2.24) is 0 Å². The van der Waals surface area contributed by atoms with Gasteiger partial charge < -0.3 is 15.8 Å². The van der Waals surface area contributed by atoms with Crippen molar-refractivity contribution in [3.63, 3.8) is 0 Å². The fourth-order valence-electron chi connectivity index (χ4n) is 3.04. The molecule has 1 fully saturated rings. The molecule has 0 heterocycles. The largest absolute Gasteiger partial charge is 0.497 e. The molecule has 1 aromatic carbocycles. The smallest absolute Gasteiger partial charge is 0.119 e. The van der Waals surface area contributed by atoms with Crippen LogP contribution in [0.25, 0.3) is 0 Å².